The maximum atomic E-state index is 10.5. The summed E-state index contributed by atoms with van der Waals surface area (Å²) in [5.74, 6) is -1.15. The van der Waals surface area contributed by atoms with E-state index in [0.717, 1.165) is 0 Å². The zero-order chi connectivity index (χ0) is 10.7. The van der Waals surface area contributed by atoms with Crippen molar-refractivity contribution in [1.82, 2.24) is 0 Å². The second kappa shape index (κ2) is 3.80. The van der Waals surface area contributed by atoms with Crippen LogP contribution in [-0.4, -0.2) is 23.3 Å². The Hall–Kier alpha value is -1.71. The van der Waals surface area contributed by atoms with Gasteiger partial charge in [-0.05, 0) is 17.7 Å². The molecule has 1 aromatic carbocycles. The molecule has 0 amide bonds. The van der Waals surface area contributed by atoms with Gasteiger partial charge in [0, 0.05) is 1.37 Å². The van der Waals surface area contributed by atoms with Crippen molar-refractivity contribution in [2.75, 3.05) is 7.11 Å². The molecular formula is C9H10O4. The minimum absolute atomic E-state index is 0.0751. The van der Waals surface area contributed by atoms with Crippen molar-refractivity contribution >= 4 is 5.97 Å². The molecule has 4 heteroatoms. The molecule has 0 aromatic heterocycles. The monoisotopic (exact) mass is 183 g/mol. The molecule has 0 saturated carbocycles. The first-order valence-electron chi connectivity index (χ1n) is 4.16. The fourth-order valence-electron chi connectivity index (χ4n) is 0.927. The normalized spacial score (nSPS) is 13.2. The highest BCUT2D eigenvalue weighted by atomic mass is 16.5. The van der Waals surface area contributed by atoms with Gasteiger partial charge in [0.1, 0.15) is 0 Å². The molecule has 2 N–H and O–H groups in total. The van der Waals surface area contributed by atoms with E-state index in [-0.39, 0.29) is 17.1 Å². The molecule has 1 unspecified atom stereocenters. The number of hydrogen-bond acceptors (Lipinski definition) is 3. The third kappa shape index (κ3) is 2.37. The van der Waals surface area contributed by atoms with Crippen LogP contribution in [0.15, 0.2) is 18.2 Å². The van der Waals surface area contributed by atoms with Crippen LogP contribution in [0.5, 0.6) is 11.5 Å². The molecule has 1 aromatic rings. The molecule has 0 aliphatic carbocycles. The van der Waals surface area contributed by atoms with Crippen LogP contribution in [0.4, 0.5) is 0 Å². The van der Waals surface area contributed by atoms with E-state index in [9.17, 15) is 9.90 Å². The number of carboxylic acids is 1. The summed E-state index contributed by atoms with van der Waals surface area (Å²) < 4.78 is 12.1. The Kier molecular flexibility index (Phi) is 2.31. The summed E-state index contributed by atoms with van der Waals surface area (Å²) in [4.78, 5) is 10.5. The molecule has 1 rings (SSSR count). The lowest BCUT2D eigenvalue weighted by atomic mass is 10.1. The molecule has 0 aliphatic heterocycles. The third-order valence-corrected chi connectivity index (χ3v) is 1.49. The molecule has 13 heavy (non-hydrogen) atoms. The minimum Gasteiger partial charge on any atom is -0.504 e. The second-order valence-electron chi connectivity index (χ2n) is 2.41. The van der Waals surface area contributed by atoms with Crippen molar-refractivity contribution in [2.24, 2.45) is 0 Å². The Morgan fingerprint density at radius 1 is 1.69 bits per heavy atom. The highest BCUT2D eigenvalue weighted by molar-refractivity contribution is 5.70. The van der Waals surface area contributed by atoms with Crippen molar-refractivity contribution in [3.05, 3.63) is 23.8 Å². The lowest BCUT2D eigenvalue weighted by Crippen LogP contribution is -2.00. The van der Waals surface area contributed by atoms with E-state index in [2.05, 4.69) is 0 Å². The lowest BCUT2D eigenvalue weighted by Gasteiger charge is -2.04. The number of benzene rings is 1. The van der Waals surface area contributed by atoms with E-state index in [0.29, 0.717) is 0 Å². The Morgan fingerprint density at radius 3 is 2.92 bits per heavy atom. The van der Waals surface area contributed by atoms with Gasteiger partial charge in [-0.3, -0.25) is 4.79 Å². The van der Waals surface area contributed by atoms with Gasteiger partial charge < -0.3 is 14.9 Å². The number of phenolic OH excluding ortho intramolecular Hbond substituents is 1. The van der Waals surface area contributed by atoms with Crippen LogP contribution in [0.2, 0.25) is 0 Å². The van der Waals surface area contributed by atoms with E-state index in [1.165, 1.54) is 25.3 Å². The first kappa shape index (κ1) is 7.91. The zero-order valence-corrected chi connectivity index (χ0v) is 7.02. The number of aliphatic carboxylic acids is 1. The predicted octanol–water partition coefficient (Wildman–Crippen LogP) is 1.03. The van der Waals surface area contributed by atoms with Gasteiger partial charge in [0.25, 0.3) is 0 Å². The average molecular weight is 183 g/mol. The fourth-order valence-corrected chi connectivity index (χ4v) is 0.927. The van der Waals surface area contributed by atoms with Crippen LogP contribution >= 0.6 is 0 Å². The standard InChI is InChI=1S/C9H10O4/c1-13-8-4-6(5-9(11)12)2-3-7(8)10/h2-4,10H,5H2,1H3,(H,11,12)/i5D. The second-order valence-corrected chi connectivity index (χ2v) is 2.41. The van der Waals surface area contributed by atoms with Crippen molar-refractivity contribution in [1.29, 1.82) is 0 Å². The zero-order valence-electron chi connectivity index (χ0n) is 8.02. The Balaban J connectivity index is 3.06. The van der Waals surface area contributed by atoms with E-state index in [4.69, 9.17) is 11.2 Å². The van der Waals surface area contributed by atoms with Gasteiger partial charge in [0.2, 0.25) is 0 Å². The smallest absolute Gasteiger partial charge is 0.307 e. The summed E-state index contributed by atoms with van der Waals surface area (Å²) in [7, 11) is 1.36. The van der Waals surface area contributed by atoms with Gasteiger partial charge in [0.15, 0.2) is 11.5 Å². The number of aromatic hydroxyl groups is 1. The molecule has 0 saturated heterocycles. The lowest BCUT2D eigenvalue weighted by molar-refractivity contribution is -0.136. The third-order valence-electron chi connectivity index (χ3n) is 1.49. The Bertz CT molecular complexity index is 351. The molecule has 0 heterocycles. The number of carbonyl (C=O) groups is 1. The van der Waals surface area contributed by atoms with Gasteiger partial charge >= 0.3 is 5.97 Å². The number of phenols is 1. The minimum atomic E-state index is -1.36. The van der Waals surface area contributed by atoms with E-state index in [1.54, 1.807) is 0 Å². The SMILES string of the molecule is [2H]C(C(=O)O)c1ccc(O)c(OC)c1. The van der Waals surface area contributed by atoms with Crippen LogP contribution in [-0.2, 0) is 11.2 Å². The fraction of sp³-hybridized carbons (Fsp3) is 0.222. The summed E-state index contributed by atoms with van der Waals surface area (Å²) in [6.45, 7) is 0. The maximum absolute atomic E-state index is 10.5. The molecular weight excluding hydrogens is 172 g/mol. The van der Waals surface area contributed by atoms with Crippen molar-refractivity contribution in [3.63, 3.8) is 0 Å². The van der Waals surface area contributed by atoms with Gasteiger partial charge in [-0.1, -0.05) is 6.07 Å². The summed E-state index contributed by atoms with van der Waals surface area (Å²) in [5.41, 5.74) is 0.271. The summed E-state index contributed by atoms with van der Waals surface area (Å²) in [5, 5.41) is 17.8. The van der Waals surface area contributed by atoms with Gasteiger partial charge in [0.05, 0.1) is 13.5 Å². The highest BCUT2D eigenvalue weighted by Crippen LogP contribution is 2.26. The summed E-state index contributed by atoms with van der Waals surface area (Å²) in [6.07, 6.45) is -1.36. The predicted molar refractivity (Wildman–Crippen MR) is 46.0 cm³/mol. The molecule has 0 fully saturated rings. The first-order chi connectivity index (χ1) is 6.56. The molecule has 0 aliphatic rings. The number of hydrogen-bond donors (Lipinski definition) is 2. The topological polar surface area (TPSA) is 66.8 Å². The highest BCUT2D eigenvalue weighted by Gasteiger charge is 2.05. The van der Waals surface area contributed by atoms with Crippen molar-refractivity contribution in [3.8, 4) is 11.5 Å². The van der Waals surface area contributed by atoms with E-state index in [1.807, 2.05) is 0 Å². The van der Waals surface area contributed by atoms with Crippen molar-refractivity contribution < 1.29 is 21.1 Å². The largest absolute Gasteiger partial charge is 0.504 e. The van der Waals surface area contributed by atoms with Crippen LogP contribution < -0.4 is 4.74 Å². The number of ether oxygens (including phenoxy) is 1. The average Bonchev–Trinajstić information content (AvgIpc) is 2.17. The van der Waals surface area contributed by atoms with Gasteiger partial charge in [-0.15, -0.1) is 0 Å². The van der Waals surface area contributed by atoms with Gasteiger partial charge in [-0.25, -0.2) is 0 Å². The summed E-state index contributed by atoms with van der Waals surface area (Å²) in [6, 6.07) is 4.02. The van der Waals surface area contributed by atoms with Crippen LogP contribution in [0, 0.1) is 0 Å². The Labute approximate surface area is 76.8 Å². The quantitative estimate of drug-likeness (QED) is 0.734. The van der Waals surface area contributed by atoms with E-state index < -0.39 is 12.4 Å². The molecule has 70 valence electrons. The molecule has 0 radical (unpaired) electrons. The molecule has 1 atom stereocenters. The number of methoxy groups -OCH3 is 1. The summed E-state index contributed by atoms with van der Waals surface area (Å²) >= 11 is 0. The first-order valence-corrected chi connectivity index (χ1v) is 3.58. The van der Waals surface area contributed by atoms with Crippen molar-refractivity contribution in [2.45, 2.75) is 6.40 Å². The van der Waals surface area contributed by atoms with Crippen LogP contribution in [0.1, 0.15) is 6.93 Å². The number of rotatable bonds is 3. The molecule has 4 nitrogen and oxygen atoms in total. The van der Waals surface area contributed by atoms with E-state index >= 15 is 0 Å². The molecule has 0 spiro atoms. The maximum Gasteiger partial charge on any atom is 0.307 e. The van der Waals surface area contributed by atoms with Crippen LogP contribution in [0.3, 0.4) is 0 Å². The van der Waals surface area contributed by atoms with Gasteiger partial charge in [-0.2, -0.15) is 0 Å². The van der Waals surface area contributed by atoms with Crippen LogP contribution in [0.25, 0.3) is 0 Å². The number of carboxylic acid groups (broad SMARTS) is 1. The molecule has 0 bridgehead atoms. The Morgan fingerprint density at radius 2 is 2.38 bits per heavy atom.